The van der Waals surface area contributed by atoms with E-state index in [0.29, 0.717) is 17.7 Å². The van der Waals surface area contributed by atoms with Gasteiger partial charge in [-0.25, -0.2) is 0 Å². The largest absolute Gasteiger partial charge is 0.494 e. The van der Waals surface area contributed by atoms with Gasteiger partial charge in [-0.2, -0.15) is 0 Å². The van der Waals surface area contributed by atoms with E-state index < -0.39 is 0 Å². The lowest BCUT2D eigenvalue weighted by Crippen LogP contribution is -2.32. The number of Topliss-reactive ketones (excluding diaryl/α,β-unsaturated/α-hetero) is 1. The number of aromatic amines is 1. The zero-order chi connectivity index (χ0) is 24.1. The fourth-order valence-corrected chi connectivity index (χ4v) is 4.35. The summed E-state index contributed by atoms with van der Waals surface area (Å²) in [5, 5.41) is 15.0. The number of fused-ring (bicyclic) bond motifs is 1. The number of ether oxygens (including phenoxy) is 1. The molecular weight excluding hydrogens is 428 g/mol. The van der Waals surface area contributed by atoms with Gasteiger partial charge in [-0.05, 0) is 88.9 Å². The maximum absolute atomic E-state index is 12.0. The minimum atomic E-state index is -0.0126. The molecule has 1 aliphatic rings. The summed E-state index contributed by atoms with van der Waals surface area (Å²) in [5.74, 6) is 0.845. The number of aliphatic imine (C=N–C) groups is 1. The van der Waals surface area contributed by atoms with E-state index in [9.17, 15) is 9.90 Å². The van der Waals surface area contributed by atoms with Crippen LogP contribution < -0.4 is 10.1 Å². The zero-order valence-electron chi connectivity index (χ0n) is 20.2. The number of benzene rings is 2. The molecule has 0 atom stereocenters. The third kappa shape index (κ3) is 5.48. The molecule has 4 rings (SSSR count). The van der Waals surface area contributed by atoms with E-state index in [1.165, 1.54) is 0 Å². The van der Waals surface area contributed by atoms with Crippen molar-refractivity contribution in [1.82, 2.24) is 15.2 Å². The van der Waals surface area contributed by atoms with Gasteiger partial charge >= 0.3 is 0 Å². The smallest absolute Gasteiger partial charge is 0.199 e. The van der Waals surface area contributed by atoms with E-state index in [1.54, 1.807) is 13.0 Å². The Morgan fingerprint density at radius 2 is 1.88 bits per heavy atom. The molecule has 7 heteroatoms. The second-order valence-electron chi connectivity index (χ2n) is 8.90. The molecule has 0 unspecified atom stereocenters. The number of ketones is 1. The van der Waals surface area contributed by atoms with Crippen molar-refractivity contribution in [1.29, 1.82) is 0 Å². The molecule has 7 nitrogen and oxygen atoms in total. The topological polar surface area (TPSA) is 89.9 Å². The van der Waals surface area contributed by atoms with Crippen LogP contribution in [0.2, 0.25) is 0 Å². The summed E-state index contributed by atoms with van der Waals surface area (Å²) in [6.07, 6.45) is 1.93. The number of hydrogen-bond acceptors (Lipinski definition) is 6. The molecule has 2 aromatic carbocycles. The Morgan fingerprint density at radius 1 is 1.18 bits per heavy atom. The van der Waals surface area contributed by atoms with Crippen LogP contribution >= 0.6 is 0 Å². The Morgan fingerprint density at radius 3 is 2.56 bits per heavy atom. The lowest BCUT2D eigenvalue weighted by Gasteiger charge is -2.27. The van der Waals surface area contributed by atoms with Gasteiger partial charge in [-0.1, -0.05) is 6.92 Å². The number of aromatic hydroxyl groups is 1. The standard InChI is InChI=1S/C27H34N4O3/c1-4-28-13-16-34-22-8-5-19(6-9-22)26(29-21-11-14-31(3)15-12-21)25-23-17-20(18(2)32)7-10-24(23)30-27(25)33/h5-10,17,21,28,30,33H,4,11-16H2,1-3H3. The molecule has 180 valence electrons. The van der Waals surface area contributed by atoms with Gasteiger partial charge in [0.1, 0.15) is 12.4 Å². The predicted octanol–water partition coefficient (Wildman–Crippen LogP) is 4.00. The minimum absolute atomic E-state index is 0.0126. The number of H-pyrrole nitrogens is 1. The van der Waals surface area contributed by atoms with Crippen LogP contribution in [0.4, 0.5) is 0 Å². The highest BCUT2D eigenvalue weighted by Gasteiger charge is 2.23. The highest BCUT2D eigenvalue weighted by atomic mass is 16.5. The Balaban J connectivity index is 1.73. The van der Waals surface area contributed by atoms with Gasteiger partial charge < -0.3 is 25.0 Å². The van der Waals surface area contributed by atoms with Crippen molar-refractivity contribution in [2.75, 3.05) is 39.8 Å². The molecule has 2 heterocycles. The van der Waals surface area contributed by atoms with Crippen LogP contribution in [0.5, 0.6) is 11.6 Å². The SMILES string of the molecule is CCNCCOc1ccc(C(=NC2CCN(C)CC2)c2c(O)[nH]c3ccc(C(C)=O)cc23)cc1. The first-order valence-electron chi connectivity index (χ1n) is 12.0. The van der Waals surface area contributed by atoms with E-state index in [-0.39, 0.29) is 17.7 Å². The molecule has 1 aromatic heterocycles. The van der Waals surface area contributed by atoms with Crippen LogP contribution in [0, 0.1) is 0 Å². The third-order valence-electron chi connectivity index (χ3n) is 6.35. The van der Waals surface area contributed by atoms with E-state index in [0.717, 1.165) is 66.9 Å². The summed E-state index contributed by atoms with van der Waals surface area (Å²) in [4.78, 5) is 22.6. The number of rotatable bonds is 9. The number of nitrogens with one attached hydrogen (secondary N) is 2. The summed E-state index contributed by atoms with van der Waals surface area (Å²) >= 11 is 0. The van der Waals surface area contributed by atoms with Crippen molar-refractivity contribution < 1.29 is 14.6 Å². The number of carbonyl (C=O) groups excluding carboxylic acids is 1. The summed E-state index contributed by atoms with van der Waals surface area (Å²) in [6, 6.07) is 13.5. The van der Waals surface area contributed by atoms with Crippen LogP contribution in [-0.2, 0) is 0 Å². The number of aromatic nitrogens is 1. The van der Waals surface area contributed by atoms with Crippen molar-refractivity contribution in [2.24, 2.45) is 4.99 Å². The van der Waals surface area contributed by atoms with Gasteiger partial charge in [0.25, 0.3) is 0 Å². The molecular formula is C27H34N4O3. The van der Waals surface area contributed by atoms with Crippen molar-refractivity contribution in [3.63, 3.8) is 0 Å². The quantitative estimate of drug-likeness (QED) is 0.254. The van der Waals surface area contributed by atoms with Gasteiger partial charge in [-0.15, -0.1) is 0 Å². The zero-order valence-corrected chi connectivity index (χ0v) is 20.2. The monoisotopic (exact) mass is 462 g/mol. The van der Waals surface area contributed by atoms with Crippen molar-refractivity contribution in [3.8, 4) is 11.6 Å². The second kappa shape index (κ2) is 10.8. The van der Waals surface area contributed by atoms with Crippen LogP contribution in [0.15, 0.2) is 47.5 Å². The van der Waals surface area contributed by atoms with Crippen LogP contribution in [-0.4, -0.2) is 72.4 Å². The molecule has 34 heavy (non-hydrogen) atoms. The average molecular weight is 463 g/mol. The molecule has 0 bridgehead atoms. The summed E-state index contributed by atoms with van der Waals surface area (Å²) in [7, 11) is 2.13. The lowest BCUT2D eigenvalue weighted by atomic mass is 9.97. The Kier molecular flexibility index (Phi) is 7.65. The fourth-order valence-electron chi connectivity index (χ4n) is 4.35. The normalized spacial score (nSPS) is 15.7. The summed E-state index contributed by atoms with van der Waals surface area (Å²) in [6.45, 7) is 7.92. The molecule has 1 saturated heterocycles. The first kappa shape index (κ1) is 24.0. The molecule has 0 amide bonds. The number of likely N-dealkylation sites (tertiary alicyclic amines) is 1. The van der Waals surface area contributed by atoms with Crippen LogP contribution in [0.1, 0.15) is 48.2 Å². The van der Waals surface area contributed by atoms with Gasteiger partial charge in [0.05, 0.1) is 17.3 Å². The molecule has 0 radical (unpaired) electrons. The number of hydrogen-bond donors (Lipinski definition) is 3. The van der Waals surface area contributed by atoms with E-state index >= 15 is 0 Å². The Hall–Kier alpha value is -3.16. The summed E-state index contributed by atoms with van der Waals surface area (Å²) in [5.41, 5.74) is 3.66. The minimum Gasteiger partial charge on any atom is -0.494 e. The highest BCUT2D eigenvalue weighted by Crippen LogP contribution is 2.32. The molecule has 1 fully saturated rings. The van der Waals surface area contributed by atoms with Gasteiger partial charge in [0.2, 0.25) is 0 Å². The van der Waals surface area contributed by atoms with Crippen molar-refractivity contribution in [2.45, 2.75) is 32.7 Å². The van der Waals surface area contributed by atoms with Crippen molar-refractivity contribution >= 4 is 22.4 Å². The maximum Gasteiger partial charge on any atom is 0.199 e. The fraction of sp³-hybridized carbons (Fsp3) is 0.407. The van der Waals surface area contributed by atoms with Gasteiger partial charge in [0, 0.05) is 28.6 Å². The first-order valence-corrected chi connectivity index (χ1v) is 12.0. The maximum atomic E-state index is 12.0. The Bertz CT molecular complexity index is 1160. The van der Waals surface area contributed by atoms with E-state index in [1.807, 2.05) is 36.4 Å². The molecule has 3 aromatic rings. The van der Waals surface area contributed by atoms with Crippen LogP contribution in [0.3, 0.4) is 0 Å². The predicted molar refractivity (Wildman–Crippen MR) is 137 cm³/mol. The average Bonchev–Trinajstić information content (AvgIpc) is 3.16. The van der Waals surface area contributed by atoms with Crippen molar-refractivity contribution in [3.05, 3.63) is 59.2 Å². The van der Waals surface area contributed by atoms with Gasteiger partial charge in [0.15, 0.2) is 11.7 Å². The number of nitrogens with zero attached hydrogens (tertiary/aromatic N) is 2. The second-order valence-corrected chi connectivity index (χ2v) is 8.90. The highest BCUT2D eigenvalue weighted by molar-refractivity contribution is 6.21. The Labute approximate surface area is 200 Å². The molecule has 1 aliphatic heterocycles. The number of carbonyl (C=O) groups is 1. The number of piperidine rings is 1. The van der Waals surface area contributed by atoms with Gasteiger partial charge in [-0.3, -0.25) is 9.79 Å². The molecule has 0 saturated carbocycles. The number of likely N-dealkylation sites (N-methyl/N-ethyl adjacent to an activating group) is 1. The van der Waals surface area contributed by atoms with E-state index in [4.69, 9.17) is 9.73 Å². The lowest BCUT2D eigenvalue weighted by molar-refractivity contribution is 0.101. The van der Waals surface area contributed by atoms with Crippen LogP contribution in [0.25, 0.3) is 10.9 Å². The summed E-state index contributed by atoms with van der Waals surface area (Å²) < 4.78 is 5.83. The first-order chi connectivity index (χ1) is 16.5. The molecule has 3 N–H and O–H groups in total. The third-order valence-corrected chi connectivity index (χ3v) is 6.35. The van der Waals surface area contributed by atoms with E-state index in [2.05, 4.69) is 29.2 Å². The molecule has 0 aliphatic carbocycles. The molecule has 0 spiro atoms.